The maximum absolute atomic E-state index is 13.3. The minimum absolute atomic E-state index is 0.0965. The molecule has 0 bridgehead atoms. The normalized spacial score (nSPS) is 11.0. The van der Waals surface area contributed by atoms with Gasteiger partial charge in [0.15, 0.2) is 10.1 Å². The molecule has 0 atom stereocenters. The van der Waals surface area contributed by atoms with Crippen molar-refractivity contribution in [2.24, 2.45) is 0 Å². The van der Waals surface area contributed by atoms with E-state index < -0.39 is 0 Å². The first kappa shape index (κ1) is 23.3. The number of rotatable bonds is 8. The first-order valence-corrected chi connectivity index (χ1v) is 13.1. The lowest BCUT2D eigenvalue weighted by Gasteiger charge is -2.17. The summed E-state index contributed by atoms with van der Waals surface area (Å²) in [5.74, 6) is 0.130. The Labute approximate surface area is 204 Å². The zero-order valence-corrected chi connectivity index (χ0v) is 20.8. The van der Waals surface area contributed by atoms with Gasteiger partial charge < -0.3 is 14.6 Å². The number of hydrogen-bond acceptors (Lipinski definition) is 8. The van der Waals surface area contributed by atoms with Gasteiger partial charge in [-0.05, 0) is 31.4 Å². The van der Waals surface area contributed by atoms with E-state index in [4.69, 9.17) is 4.42 Å². The van der Waals surface area contributed by atoms with Crippen LogP contribution in [0, 0.1) is 6.92 Å². The summed E-state index contributed by atoms with van der Waals surface area (Å²) in [6.45, 7) is 1.81. The van der Waals surface area contributed by atoms with Crippen LogP contribution in [0.1, 0.15) is 21.1 Å². The molecule has 0 aliphatic heterocycles. The zero-order valence-electron chi connectivity index (χ0n) is 18.3. The van der Waals surface area contributed by atoms with Gasteiger partial charge in [0.2, 0.25) is 5.91 Å². The van der Waals surface area contributed by atoms with Gasteiger partial charge in [0.25, 0.3) is 5.91 Å². The Morgan fingerprint density at radius 3 is 2.64 bits per heavy atom. The number of aromatic nitrogens is 2. The Hall–Kier alpha value is -2.82. The van der Waals surface area contributed by atoms with E-state index in [1.165, 1.54) is 28.0 Å². The number of benzene rings is 2. The Morgan fingerprint density at radius 1 is 1.12 bits per heavy atom. The van der Waals surface area contributed by atoms with Crippen molar-refractivity contribution in [3.8, 4) is 0 Å². The Bertz CT molecular complexity index is 1300. The lowest BCUT2D eigenvalue weighted by Crippen LogP contribution is -2.35. The summed E-state index contributed by atoms with van der Waals surface area (Å²) in [4.78, 5) is 28.2. The quantitative estimate of drug-likeness (QED) is 0.329. The van der Waals surface area contributed by atoms with Crippen LogP contribution in [0.4, 0.5) is 5.69 Å². The smallest absolute Gasteiger partial charge is 0.290 e. The van der Waals surface area contributed by atoms with Gasteiger partial charge in [-0.3, -0.25) is 9.59 Å². The van der Waals surface area contributed by atoms with Crippen LogP contribution in [0.2, 0.25) is 0 Å². The van der Waals surface area contributed by atoms with Gasteiger partial charge in [0.05, 0.1) is 12.2 Å². The van der Waals surface area contributed by atoms with E-state index in [0.29, 0.717) is 11.3 Å². The lowest BCUT2D eigenvalue weighted by atomic mass is 10.1. The molecular weight excluding hydrogens is 476 g/mol. The molecule has 4 aromatic rings. The highest BCUT2D eigenvalue weighted by atomic mass is 32.2. The standard InChI is InChI=1S/C23H22N4O3S3/c1-14-25-26-23(33-14)32-13-16-15-8-4-6-10-18(15)30-21(16)22(29)27(2)12-20(28)24-17-9-5-7-11-19(17)31-3/h4-11H,12-13H2,1-3H3,(H,24,28). The lowest BCUT2D eigenvalue weighted by molar-refractivity contribution is -0.116. The maximum Gasteiger partial charge on any atom is 0.290 e. The van der Waals surface area contributed by atoms with Crippen molar-refractivity contribution in [3.63, 3.8) is 0 Å². The van der Waals surface area contributed by atoms with E-state index in [9.17, 15) is 9.59 Å². The monoisotopic (exact) mass is 498 g/mol. The summed E-state index contributed by atoms with van der Waals surface area (Å²) >= 11 is 4.56. The van der Waals surface area contributed by atoms with E-state index in [2.05, 4.69) is 15.5 Å². The average molecular weight is 499 g/mol. The Kier molecular flexibility index (Phi) is 7.36. The molecule has 2 amide bonds. The predicted octanol–water partition coefficient (Wildman–Crippen LogP) is 5.32. The second kappa shape index (κ2) is 10.4. The van der Waals surface area contributed by atoms with Crippen LogP contribution >= 0.6 is 34.9 Å². The molecule has 4 rings (SSSR count). The number of likely N-dealkylation sites (N-methyl/N-ethyl adjacent to an activating group) is 1. The van der Waals surface area contributed by atoms with Gasteiger partial charge >= 0.3 is 0 Å². The minimum Gasteiger partial charge on any atom is -0.451 e. The van der Waals surface area contributed by atoms with Crippen molar-refractivity contribution in [3.05, 3.63) is 64.9 Å². The van der Waals surface area contributed by atoms with Crippen LogP contribution in [0.5, 0.6) is 0 Å². The average Bonchev–Trinajstić information content (AvgIpc) is 3.40. The molecule has 2 heterocycles. The number of amides is 2. The topological polar surface area (TPSA) is 88.3 Å². The molecule has 1 N–H and O–H groups in total. The van der Waals surface area contributed by atoms with Crippen molar-refractivity contribution in [2.45, 2.75) is 21.9 Å². The van der Waals surface area contributed by atoms with E-state index in [-0.39, 0.29) is 24.1 Å². The van der Waals surface area contributed by atoms with Crippen LogP contribution in [0.15, 0.2) is 62.2 Å². The maximum atomic E-state index is 13.3. The highest BCUT2D eigenvalue weighted by molar-refractivity contribution is 8.00. The third-order valence-electron chi connectivity index (χ3n) is 4.85. The van der Waals surface area contributed by atoms with E-state index in [1.807, 2.05) is 61.7 Å². The molecule has 0 spiro atoms. The summed E-state index contributed by atoms with van der Waals surface area (Å²) in [5.41, 5.74) is 2.15. The largest absolute Gasteiger partial charge is 0.451 e. The number of fused-ring (bicyclic) bond motifs is 1. The highest BCUT2D eigenvalue weighted by Gasteiger charge is 2.25. The fourth-order valence-corrected chi connectivity index (χ4v) is 5.68. The molecule has 0 aliphatic rings. The van der Waals surface area contributed by atoms with Crippen molar-refractivity contribution in [2.75, 3.05) is 25.2 Å². The number of furan rings is 1. The number of hydrogen-bond donors (Lipinski definition) is 1. The third-order valence-corrected chi connectivity index (χ3v) is 7.64. The van der Waals surface area contributed by atoms with E-state index >= 15 is 0 Å². The number of aryl methyl sites for hydroxylation is 1. The molecular formula is C23H22N4O3S3. The highest BCUT2D eigenvalue weighted by Crippen LogP contribution is 2.33. The number of nitrogens with one attached hydrogen (secondary N) is 1. The van der Waals surface area contributed by atoms with Crippen molar-refractivity contribution in [1.82, 2.24) is 15.1 Å². The number of carbonyl (C=O) groups is 2. The van der Waals surface area contributed by atoms with Crippen molar-refractivity contribution in [1.29, 1.82) is 0 Å². The fraction of sp³-hybridized carbons (Fsp3) is 0.217. The van der Waals surface area contributed by atoms with Crippen LogP contribution in [-0.4, -0.2) is 46.8 Å². The molecule has 33 heavy (non-hydrogen) atoms. The first-order valence-electron chi connectivity index (χ1n) is 10.1. The Morgan fingerprint density at radius 2 is 1.88 bits per heavy atom. The van der Waals surface area contributed by atoms with E-state index in [0.717, 1.165) is 30.9 Å². The van der Waals surface area contributed by atoms with Gasteiger partial charge in [0, 0.05) is 28.6 Å². The fourth-order valence-electron chi connectivity index (χ4n) is 3.28. The molecule has 0 radical (unpaired) electrons. The number of carbonyl (C=O) groups excluding carboxylic acids is 2. The SMILES string of the molecule is CSc1ccccc1NC(=O)CN(C)C(=O)c1oc2ccccc2c1CSc1nnc(C)s1. The van der Waals surface area contributed by atoms with Crippen LogP contribution in [0.25, 0.3) is 11.0 Å². The minimum atomic E-state index is -0.344. The Balaban J connectivity index is 1.52. The van der Waals surface area contributed by atoms with Crippen molar-refractivity contribution >= 4 is 63.3 Å². The predicted molar refractivity (Wildman–Crippen MR) is 134 cm³/mol. The van der Waals surface area contributed by atoms with Gasteiger partial charge in [-0.2, -0.15) is 0 Å². The zero-order chi connectivity index (χ0) is 23.4. The second-order valence-corrected chi connectivity index (χ2v) is 10.4. The van der Waals surface area contributed by atoms with E-state index in [1.54, 1.807) is 18.8 Å². The molecule has 0 fully saturated rings. The molecule has 0 unspecified atom stereocenters. The summed E-state index contributed by atoms with van der Waals surface area (Å²) in [6, 6.07) is 15.1. The molecule has 2 aromatic heterocycles. The molecule has 10 heteroatoms. The number of para-hydroxylation sites is 2. The molecule has 0 aliphatic carbocycles. The summed E-state index contributed by atoms with van der Waals surface area (Å²) < 4.78 is 6.77. The third kappa shape index (κ3) is 5.40. The van der Waals surface area contributed by atoms with Gasteiger partial charge in [-0.15, -0.1) is 22.0 Å². The number of thioether (sulfide) groups is 2. The summed E-state index contributed by atoms with van der Waals surface area (Å²) in [6.07, 6.45) is 1.95. The second-order valence-electron chi connectivity index (χ2n) is 7.19. The van der Waals surface area contributed by atoms with Gasteiger partial charge in [0.1, 0.15) is 10.6 Å². The van der Waals surface area contributed by atoms with Gasteiger partial charge in [-0.1, -0.05) is 53.4 Å². The molecule has 2 aromatic carbocycles. The summed E-state index contributed by atoms with van der Waals surface area (Å²) in [5, 5.41) is 12.8. The van der Waals surface area contributed by atoms with Gasteiger partial charge in [-0.25, -0.2) is 0 Å². The van der Waals surface area contributed by atoms with Crippen LogP contribution in [-0.2, 0) is 10.5 Å². The summed E-state index contributed by atoms with van der Waals surface area (Å²) in [7, 11) is 1.60. The van der Waals surface area contributed by atoms with Crippen molar-refractivity contribution < 1.29 is 14.0 Å². The van der Waals surface area contributed by atoms with Crippen LogP contribution in [0.3, 0.4) is 0 Å². The first-order chi connectivity index (χ1) is 16.0. The number of nitrogens with zero attached hydrogens (tertiary/aromatic N) is 3. The molecule has 0 saturated carbocycles. The molecule has 7 nitrogen and oxygen atoms in total. The molecule has 170 valence electrons. The number of anilines is 1. The van der Waals surface area contributed by atoms with Crippen LogP contribution < -0.4 is 5.32 Å². The molecule has 0 saturated heterocycles.